The van der Waals surface area contributed by atoms with Crippen molar-refractivity contribution in [2.75, 3.05) is 18.9 Å². The number of carbonyl (C=O) groups excluding carboxylic acids is 1. The van der Waals surface area contributed by atoms with E-state index < -0.39 is 0 Å². The monoisotopic (exact) mass is 322 g/mol. The minimum absolute atomic E-state index is 0.0677. The number of likely N-dealkylation sites (N-methyl/N-ethyl adjacent to an activating group) is 1. The number of hydrogen-bond donors (Lipinski definition) is 1. The van der Waals surface area contributed by atoms with E-state index in [1.54, 1.807) is 24.3 Å². The van der Waals surface area contributed by atoms with Gasteiger partial charge in [0.2, 0.25) is 5.91 Å². The van der Waals surface area contributed by atoms with Gasteiger partial charge in [-0.2, -0.15) is 0 Å². The van der Waals surface area contributed by atoms with Crippen LogP contribution < -0.4 is 5.32 Å². The first-order valence-corrected chi connectivity index (χ1v) is 7.27. The number of nitrogens with one attached hydrogen (secondary N) is 1. The van der Waals surface area contributed by atoms with Crippen LogP contribution in [0, 0.1) is 0 Å². The largest absolute Gasteiger partial charge is 0.325 e. The lowest BCUT2D eigenvalue weighted by atomic mass is 10.2. The van der Waals surface area contributed by atoms with E-state index >= 15 is 0 Å². The summed E-state index contributed by atoms with van der Waals surface area (Å²) < 4.78 is 0. The Morgan fingerprint density at radius 1 is 1.10 bits per heavy atom. The van der Waals surface area contributed by atoms with E-state index in [4.69, 9.17) is 23.2 Å². The van der Waals surface area contributed by atoms with E-state index in [-0.39, 0.29) is 5.91 Å². The molecule has 0 aliphatic rings. The van der Waals surface area contributed by atoms with Gasteiger partial charge in [0.1, 0.15) is 0 Å². The number of amides is 1. The first-order valence-electron chi connectivity index (χ1n) is 6.51. The van der Waals surface area contributed by atoms with Crippen LogP contribution in [0.5, 0.6) is 0 Å². The van der Waals surface area contributed by atoms with Gasteiger partial charge in [0.05, 0.1) is 6.54 Å². The van der Waals surface area contributed by atoms with Crippen molar-refractivity contribution in [1.29, 1.82) is 0 Å². The van der Waals surface area contributed by atoms with Gasteiger partial charge in [-0.25, -0.2) is 0 Å². The zero-order chi connectivity index (χ0) is 15.2. The summed E-state index contributed by atoms with van der Waals surface area (Å²) >= 11 is 11.7. The molecule has 21 heavy (non-hydrogen) atoms. The second-order valence-corrected chi connectivity index (χ2v) is 5.73. The van der Waals surface area contributed by atoms with E-state index in [0.717, 1.165) is 11.3 Å². The fourth-order valence-electron chi connectivity index (χ4n) is 1.98. The molecule has 0 aromatic heterocycles. The molecule has 0 heterocycles. The average Bonchev–Trinajstić information content (AvgIpc) is 2.41. The molecule has 0 spiro atoms. The predicted molar refractivity (Wildman–Crippen MR) is 87.9 cm³/mol. The van der Waals surface area contributed by atoms with Gasteiger partial charge in [-0.05, 0) is 49.0 Å². The molecule has 1 N–H and O–H groups in total. The van der Waals surface area contributed by atoms with E-state index in [2.05, 4.69) is 5.32 Å². The molecule has 110 valence electrons. The minimum atomic E-state index is -0.0677. The number of halogens is 2. The Morgan fingerprint density at radius 3 is 2.48 bits per heavy atom. The summed E-state index contributed by atoms with van der Waals surface area (Å²) in [5, 5.41) is 4.18. The first kappa shape index (κ1) is 15.8. The lowest BCUT2D eigenvalue weighted by molar-refractivity contribution is -0.117. The molecule has 0 saturated heterocycles. The molecule has 0 aliphatic heterocycles. The summed E-state index contributed by atoms with van der Waals surface area (Å²) in [5.41, 5.74) is 1.81. The molecular formula is C16H16Cl2N2O. The lowest BCUT2D eigenvalue weighted by Crippen LogP contribution is -2.29. The van der Waals surface area contributed by atoms with Crippen LogP contribution in [0.15, 0.2) is 48.5 Å². The molecule has 0 bridgehead atoms. The molecule has 2 rings (SSSR count). The smallest absolute Gasteiger partial charge is 0.238 e. The van der Waals surface area contributed by atoms with Crippen LogP contribution in [0.4, 0.5) is 5.69 Å². The number of rotatable bonds is 5. The second-order valence-electron chi connectivity index (χ2n) is 4.86. The Bertz CT molecular complexity index is 614. The summed E-state index contributed by atoms with van der Waals surface area (Å²) in [6.07, 6.45) is 0. The maximum atomic E-state index is 12.0. The zero-order valence-corrected chi connectivity index (χ0v) is 13.2. The van der Waals surface area contributed by atoms with Crippen molar-refractivity contribution in [3.63, 3.8) is 0 Å². The SMILES string of the molecule is CN(CC(=O)Nc1ccc(Cl)cc1)Cc1cccc(Cl)c1. The Balaban J connectivity index is 1.86. The number of hydrogen-bond acceptors (Lipinski definition) is 2. The molecule has 2 aromatic rings. The molecule has 2 aromatic carbocycles. The number of benzene rings is 2. The van der Waals surface area contributed by atoms with Crippen LogP contribution >= 0.6 is 23.2 Å². The molecule has 0 unspecified atom stereocenters. The Morgan fingerprint density at radius 2 is 1.81 bits per heavy atom. The Kier molecular flexibility index (Phi) is 5.62. The molecule has 3 nitrogen and oxygen atoms in total. The van der Waals surface area contributed by atoms with E-state index in [0.29, 0.717) is 23.1 Å². The van der Waals surface area contributed by atoms with Crippen molar-refractivity contribution >= 4 is 34.8 Å². The van der Waals surface area contributed by atoms with Gasteiger partial charge in [0.25, 0.3) is 0 Å². The Hall–Kier alpha value is -1.55. The maximum Gasteiger partial charge on any atom is 0.238 e. The first-order chi connectivity index (χ1) is 10.0. The standard InChI is InChI=1S/C16H16Cl2N2O/c1-20(10-12-3-2-4-14(18)9-12)11-16(21)19-15-7-5-13(17)6-8-15/h2-9H,10-11H2,1H3,(H,19,21). The van der Waals surface area contributed by atoms with Crippen molar-refractivity contribution in [2.24, 2.45) is 0 Å². The van der Waals surface area contributed by atoms with Gasteiger partial charge in [0.15, 0.2) is 0 Å². The van der Waals surface area contributed by atoms with Crippen LogP contribution in [0.25, 0.3) is 0 Å². The summed E-state index contributed by atoms with van der Waals surface area (Å²) in [6.45, 7) is 0.962. The maximum absolute atomic E-state index is 12.0. The zero-order valence-electron chi connectivity index (χ0n) is 11.6. The second kappa shape index (κ2) is 7.46. The third kappa shape index (κ3) is 5.38. The number of nitrogens with zero attached hydrogens (tertiary/aromatic N) is 1. The molecule has 0 aliphatic carbocycles. The third-order valence-electron chi connectivity index (χ3n) is 2.88. The summed E-state index contributed by atoms with van der Waals surface area (Å²) in [5.74, 6) is -0.0677. The highest BCUT2D eigenvalue weighted by Gasteiger charge is 2.08. The molecule has 0 radical (unpaired) electrons. The quantitative estimate of drug-likeness (QED) is 0.900. The topological polar surface area (TPSA) is 32.3 Å². The van der Waals surface area contributed by atoms with E-state index in [9.17, 15) is 4.79 Å². The number of carbonyl (C=O) groups is 1. The van der Waals surface area contributed by atoms with Gasteiger partial charge in [-0.15, -0.1) is 0 Å². The van der Waals surface area contributed by atoms with Crippen molar-refractivity contribution in [1.82, 2.24) is 4.90 Å². The summed E-state index contributed by atoms with van der Waals surface area (Å²) in [4.78, 5) is 13.9. The summed E-state index contributed by atoms with van der Waals surface area (Å²) in [7, 11) is 1.89. The number of anilines is 1. The molecule has 5 heteroatoms. The van der Waals surface area contributed by atoms with Gasteiger partial charge in [-0.3, -0.25) is 9.69 Å². The molecular weight excluding hydrogens is 307 g/mol. The fraction of sp³-hybridized carbons (Fsp3) is 0.188. The van der Waals surface area contributed by atoms with E-state index in [1.165, 1.54) is 0 Å². The highest BCUT2D eigenvalue weighted by Crippen LogP contribution is 2.14. The van der Waals surface area contributed by atoms with Gasteiger partial charge in [-0.1, -0.05) is 35.3 Å². The van der Waals surface area contributed by atoms with Crippen LogP contribution in [-0.4, -0.2) is 24.4 Å². The third-order valence-corrected chi connectivity index (χ3v) is 3.37. The van der Waals surface area contributed by atoms with Crippen molar-refractivity contribution in [3.8, 4) is 0 Å². The molecule has 0 saturated carbocycles. The van der Waals surface area contributed by atoms with Crippen LogP contribution in [-0.2, 0) is 11.3 Å². The molecule has 0 atom stereocenters. The van der Waals surface area contributed by atoms with Gasteiger partial charge < -0.3 is 5.32 Å². The highest BCUT2D eigenvalue weighted by atomic mass is 35.5. The van der Waals surface area contributed by atoms with E-state index in [1.807, 2.05) is 36.2 Å². The van der Waals surface area contributed by atoms with Crippen LogP contribution in [0.2, 0.25) is 10.0 Å². The fourth-order valence-corrected chi connectivity index (χ4v) is 2.32. The van der Waals surface area contributed by atoms with Crippen molar-refractivity contribution in [3.05, 3.63) is 64.1 Å². The van der Waals surface area contributed by atoms with Crippen molar-refractivity contribution in [2.45, 2.75) is 6.54 Å². The van der Waals surface area contributed by atoms with Crippen molar-refractivity contribution < 1.29 is 4.79 Å². The molecule has 0 fully saturated rings. The van der Waals surface area contributed by atoms with Crippen LogP contribution in [0.1, 0.15) is 5.56 Å². The normalized spacial score (nSPS) is 10.7. The van der Waals surface area contributed by atoms with Crippen LogP contribution in [0.3, 0.4) is 0 Å². The molecule has 1 amide bonds. The van der Waals surface area contributed by atoms with Gasteiger partial charge >= 0.3 is 0 Å². The highest BCUT2D eigenvalue weighted by molar-refractivity contribution is 6.30. The minimum Gasteiger partial charge on any atom is -0.325 e. The summed E-state index contributed by atoms with van der Waals surface area (Å²) in [6, 6.07) is 14.7. The Labute approximate surface area is 134 Å². The predicted octanol–water partition coefficient (Wildman–Crippen LogP) is 4.06. The van der Waals surface area contributed by atoms with Gasteiger partial charge in [0, 0.05) is 22.3 Å². The average molecular weight is 323 g/mol. The lowest BCUT2D eigenvalue weighted by Gasteiger charge is -2.16.